The molecule has 31 heavy (non-hydrogen) atoms. The molecule has 1 heterocycles. The zero-order valence-corrected chi connectivity index (χ0v) is 19.1. The highest BCUT2D eigenvalue weighted by atomic mass is 32.1. The van der Waals surface area contributed by atoms with Crippen LogP contribution >= 0.6 is 11.7 Å². The summed E-state index contributed by atoms with van der Waals surface area (Å²) in [6.45, 7) is 8.05. The van der Waals surface area contributed by atoms with Crippen molar-refractivity contribution in [2.24, 2.45) is 11.8 Å². The molecule has 4 aromatic rings. The zero-order chi connectivity index (χ0) is 22.1. The van der Waals surface area contributed by atoms with Crippen LogP contribution in [0.4, 0.5) is 0 Å². The highest BCUT2D eigenvalue weighted by Crippen LogP contribution is 2.36. The molecule has 0 amide bonds. The Hall–Kier alpha value is -2.60. The third kappa shape index (κ3) is 4.26. The van der Waals surface area contributed by atoms with E-state index in [4.69, 9.17) is 0 Å². The van der Waals surface area contributed by atoms with Gasteiger partial charge in [0.15, 0.2) is 0 Å². The normalized spacial score (nSPS) is 13.8. The van der Waals surface area contributed by atoms with Gasteiger partial charge in [-0.15, -0.1) is 0 Å². The van der Waals surface area contributed by atoms with Crippen molar-refractivity contribution in [3.63, 3.8) is 0 Å². The molecule has 4 nitrogen and oxygen atoms in total. The van der Waals surface area contributed by atoms with Crippen LogP contribution in [0.25, 0.3) is 33.3 Å². The van der Waals surface area contributed by atoms with Gasteiger partial charge in [-0.2, -0.15) is 8.75 Å². The van der Waals surface area contributed by atoms with Crippen molar-refractivity contribution in [1.82, 2.24) is 8.75 Å². The molecule has 2 unspecified atom stereocenters. The average molecular weight is 433 g/mol. The smallest absolute Gasteiger partial charge is 0.113 e. The van der Waals surface area contributed by atoms with E-state index in [2.05, 4.69) is 20.9 Å². The van der Waals surface area contributed by atoms with Gasteiger partial charge in [-0.25, -0.2) is 0 Å². The Morgan fingerprint density at radius 2 is 0.935 bits per heavy atom. The van der Waals surface area contributed by atoms with E-state index in [9.17, 15) is 10.2 Å². The van der Waals surface area contributed by atoms with Gasteiger partial charge in [-0.1, -0.05) is 88.4 Å². The van der Waals surface area contributed by atoms with Crippen LogP contribution in [0, 0.1) is 11.8 Å². The number of fused-ring (bicyclic) bond motifs is 1. The summed E-state index contributed by atoms with van der Waals surface area (Å²) in [6, 6.07) is 20.3. The van der Waals surface area contributed by atoms with Crippen molar-refractivity contribution >= 4 is 22.8 Å². The lowest BCUT2D eigenvalue weighted by Gasteiger charge is -2.16. The molecule has 0 aliphatic heterocycles. The van der Waals surface area contributed by atoms with Gasteiger partial charge < -0.3 is 10.2 Å². The van der Waals surface area contributed by atoms with Crippen LogP contribution in [-0.4, -0.2) is 19.0 Å². The third-order valence-corrected chi connectivity index (χ3v) is 6.33. The molecule has 160 valence electrons. The van der Waals surface area contributed by atoms with Crippen molar-refractivity contribution in [2.75, 3.05) is 0 Å². The van der Waals surface area contributed by atoms with E-state index in [1.807, 2.05) is 76.2 Å². The zero-order valence-electron chi connectivity index (χ0n) is 18.3. The number of nitrogens with zero attached hydrogens (tertiary/aromatic N) is 2. The lowest BCUT2D eigenvalue weighted by Crippen LogP contribution is -2.05. The van der Waals surface area contributed by atoms with E-state index >= 15 is 0 Å². The van der Waals surface area contributed by atoms with E-state index in [0.717, 1.165) is 44.4 Å². The lowest BCUT2D eigenvalue weighted by atomic mass is 9.93. The van der Waals surface area contributed by atoms with Crippen molar-refractivity contribution in [2.45, 2.75) is 39.9 Å². The number of aliphatic hydroxyl groups is 2. The van der Waals surface area contributed by atoms with Gasteiger partial charge in [0.2, 0.25) is 0 Å². The Kier molecular flexibility index (Phi) is 6.19. The first-order valence-corrected chi connectivity index (χ1v) is 11.4. The molecule has 1 aromatic heterocycles. The fraction of sp³-hybridized carbons (Fsp3) is 0.308. The standard InChI is InChI=1S/C26H28N2O2S/c1-15(2)25(29)19-9-5-17(6-10-19)21-13-14-22(24-23(21)27-31-28-24)18-7-11-20(12-8-18)26(30)16(3)4/h5-16,25-26,29-30H,1-4H3. The molecule has 4 rings (SSSR count). The van der Waals surface area contributed by atoms with Gasteiger partial charge >= 0.3 is 0 Å². The number of aromatic nitrogens is 2. The summed E-state index contributed by atoms with van der Waals surface area (Å²) in [5.41, 5.74) is 7.78. The van der Waals surface area contributed by atoms with Gasteiger partial charge in [0.1, 0.15) is 11.0 Å². The molecule has 5 heteroatoms. The minimum absolute atomic E-state index is 0.174. The van der Waals surface area contributed by atoms with Crippen LogP contribution in [0.5, 0.6) is 0 Å². The monoisotopic (exact) mass is 432 g/mol. The first kappa shape index (κ1) is 21.6. The second-order valence-corrected chi connectivity index (χ2v) is 9.27. The van der Waals surface area contributed by atoms with Crippen molar-refractivity contribution < 1.29 is 10.2 Å². The molecule has 0 fully saturated rings. The number of hydrogen-bond acceptors (Lipinski definition) is 5. The Morgan fingerprint density at radius 1 is 0.581 bits per heavy atom. The lowest BCUT2D eigenvalue weighted by molar-refractivity contribution is 0.127. The Morgan fingerprint density at radius 3 is 1.26 bits per heavy atom. The minimum atomic E-state index is -0.463. The van der Waals surface area contributed by atoms with E-state index in [1.54, 1.807) is 0 Å². The number of aliphatic hydroxyl groups excluding tert-OH is 2. The maximum atomic E-state index is 10.3. The molecule has 0 aliphatic carbocycles. The highest BCUT2D eigenvalue weighted by Gasteiger charge is 2.16. The fourth-order valence-corrected chi connectivity index (χ4v) is 4.40. The van der Waals surface area contributed by atoms with Crippen molar-refractivity contribution in [1.29, 1.82) is 0 Å². The predicted octanol–water partition coefficient (Wildman–Crippen LogP) is 6.40. The predicted molar refractivity (Wildman–Crippen MR) is 128 cm³/mol. The Bertz CT molecular complexity index is 1070. The maximum absolute atomic E-state index is 10.3. The number of hydrogen-bond donors (Lipinski definition) is 2. The molecule has 2 N–H and O–H groups in total. The highest BCUT2D eigenvalue weighted by molar-refractivity contribution is 7.00. The first-order valence-electron chi connectivity index (χ1n) is 10.7. The van der Waals surface area contributed by atoms with Crippen LogP contribution in [0.15, 0.2) is 60.7 Å². The average Bonchev–Trinajstić information content (AvgIpc) is 3.27. The molecule has 3 aromatic carbocycles. The summed E-state index contributed by atoms with van der Waals surface area (Å²) in [7, 11) is 0. The van der Waals surface area contributed by atoms with Crippen LogP contribution in [0.3, 0.4) is 0 Å². The summed E-state index contributed by atoms with van der Waals surface area (Å²) >= 11 is 1.21. The Balaban J connectivity index is 1.70. The molecule has 2 atom stereocenters. The van der Waals surface area contributed by atoms with Crippen molar-refractivity contribution in [3.05, 3.63) is 71.8 Å². The molecule has 0 bridgehead atoms. The summed E-state index contributed by atoms with van der Waals surface area (Å²) in [6.07, 6.45) is -0.927. The van der Waals surface area contributed by atoms with E-state index < -0.39 is 12.2 Å². The van der Waals surface area contributed by atoms with E-state index in [0.29, 0.717) is 0 Å². The molecule has 0 saturated heterocycles. The maximum Gasteiger partial charge on any atom is 0.113 e. The fourth-order valence-electron chi connectivity index (χ4n) is 3.82. The molecule has 0 radical (unpaired) electrons. The quantitative estimate of drug-likeness (QED) is 0.370. The summed E-state index contributed by atoms with van der Waals surface area (Å²) in [4.78, 5) is 0. The molecule has 0 spiro atoms. The van der Waals surface area contributed by atoms with Gasteiger partial charge in [-0.05, 0) is 34.1 Å². The van der Waals surface area contributed by atoms with Gasteiger partial charge in [0.05, 0.1) is 23.9 Å². The summed E-state index contributed by atoms with van der Waals surface area (Å²) < 4.78 is 9.15. The topological polar surface area (TPSA) is 66.2 Å². The van der Waals surface area contributed by atoms with Crippen LogP contribution < -0.4 is 0 Å². The molecule has 0 saturated carbocycles. The number of benzene rings is 3. The molecule has 0 aliphatic rings. The first-order chi connectivity index (χ1) is 14.9. The number of rotatable bonds is 6. The van der Waals surface area contributed by atoms with Gasteiger partial charge in [-0.3, -0.25) is 0 Å². The van der Waals surface area contributed by atoms with Gasteiger partial charge in [0.25, 0.3) is 0 Å². The summed E-state index contributed by atoms with van der Waals surface area (Å²) in [5.74, 6) is 0.347. The summed E-state index contributed by atoms with van der Waals surface area (Å²) in [5, 5.41) is 20.6. The van der Waals surface area contributed by atoms with Gasteiger partial charge in [0, 0.05) is 11.1 Å². The second-order valence-electron chi connectivity index (χ2n) is 8.74. The van der Waals surface area contributed by atoms with Crippen LogP contribution in [0.2, 0.25) is 0 Å². The third-order valence-electron chi connectivity index (χ3n) is 5.80. The minimum Gasteiger partial charge on any atom is -0.388 e. The second kappa shape index (κ2) is 8.87. The van der Waals surface area contributed by atoms with Crippen molar-refractivity contribution in [3.8, 4) is 22.3 Å². The molecular formula is C26H28N2O2S. The Labute approximate surface area is 187 Å². The van der Waals surface area contributed by atoms with Crippen LogP contribution in [-0.2, 0) is 0 Å². The van der Waals surface area contributed by atoms with E-state index in [-0.39, 0.29) is 11.8 Å². The van der Waals surface area contributed by atoms with E-state index in [1.165, 1.54) is 11.7 Å². The van der Waals surface area contributed by atoms with Crippen LogP contribution in [0.1, 0.15) is 51.0 Å². The molecular weight excluding hydrogens is 404 g/mol. The largest absolute Gasteiger partial charge is 0.388 e. The SMILES string of the molecule is CC(C)C(O)c1ccc(-c2ccc(-c3ccc(C(O)C(C)C)cc3)c3nsnc23)cc1.